The zero-order valence-corrected chi connectivity index (χ0v) is 24.1. The highest BCUT2D eigenvalue weighted by Gasteiger charge is 2.61. The fourth-order valence-electron chi connectivity index (χ4n) is 5.70. The average molecular weight is 602 g/mol. The lowest BCUT2D eigenvalue weighted by atomic mass is 9.62. The van der Waals surface area contributed by atoms with E-state index in [1.807, 2.05) is 32.9 Å². The molecule has 218 valence electrons. The maximum Gasteiger partial charge on any atom is 0.242 e. The van der Waals surface area contributed by atoms with Crippen LogP contribution in [0.5, 0.6) is 0 Å². The quantitative estimate of drug-likeness (QED) is 0.264. The van der Waals surface area contributed by atoms with E-state index in [4.69, 9.17) is 28.9 Å². The molecule has 4 atom stereocenters. The minimum atomic E-state index is -1.68. The van der Waals surface area contributed by atoms with Crippen LogP contribution in [0.1, 0.15) is 57.2 Å². The van der Waals surface area contributed by atoms with E-state index < -0.39 is 41.0 Å². The molecule has 0 radical (unpaired) electrons. The third-order valence-corrected chi connectivity index (χ3v) is 7.91. The van der Waals surface area contributed by atoms with E-state index in [1.165, 1.54) is 24.3 Å². The van der Waals surface area contributed by atoms with Gasteiger partial charge in [0.1, 0.15) is 17.0 Å². The standard InChI is InChI=1S/C31H32Cl2F2N4O.CH4/c1-30(2,3)16-25-31(17-37,22-12-9-19(32)15-24(22)34)26(21-5-4-6-23(33)27(21)35)28(39-25)29(40)38-20-10-7-18(8-11-20)13-14-36;/h4-12,15,25-26,28,39H,13-14,16,36H2,1-3H3,(H,38,40);1H4/t25-,26-,28+,31-;/m0./s1. The van der Waals surface area contributed by atoms with Crippen LogP contribution in [0.15, 0.2) is 60.7 Å². The van der Waals surface area contributed by atoms with Gasteiger partial charge in [-0.15, -0.1) is 0 Å². The molecule has 0 bridgehead atoms. The van der Waals surface area contributed by atoms with E-state index in [9.17, 15) is 10.1 Å². The fraction of sp³-hybridized carbons (Fsp3) is 0.375. The summed E-state index contributed by atoms with van der Waals surface area (Å²) in [6, 6.07) is 16.3. The Morgan fingerprint density at radius 1 is 1.12 bits per heavy atom. The zero-order valence-electron chi connectivity index (χ0n) is 22.6. The molecule has 3 aromatic rings. The number of nitrogens with two attached hydrogens (primary N) is 1. The molecule has 0 unspecified atom stereocenters. The number of nitrogens with one attached hydrogen (secondary N) is 2. The molecule has 4 rings (SSSR count). The third kappa shape index (κ3) is 6.57. The Morgan fingerprint density at radius 2 is 1.80 bits per heavy atom. The van der Waals surface area contributed by atoms with Gasteiger partial charge in [0.2, 0.25) is 5.91 Å². The Hall–Kier alpha value is -3.02. The van der Waals surface area contributed by atoms with E-state index in [0.29, 0.717) is 25.1 Å². The Kier molecular flexibility index (Phi) is 10.2. The highest BCUT2D eigenvalue weighted by atomic mass is 35.5. The van der Waals surface area contributed by atoms with Gasteiger partial charge in [-0.2, -0.15) is 5.26 Å². The molecule has 1 fully saturated rings. The van der Waals surface area contributed by atoms with Gasteiger partial charge >= 0.3 is 0 Å². The van der Waals surface area contributed by atoms with Gasteiger partial charge in [0.25, 0.3) is 0 Å². The Labute approximate surface area is 251 Å². The Bertz CT molecular complexity index is 1440. The predicted molar refractivity (Wildman–Crippen MR) is 162 cm³/mol. The van der Waals surface area contributed by atoms with E-state index in [-0.39, 0.29) is 34.0 Å². The van der Waals surface area contributed by atoms with Crippen molar-refractivity contribution in [2.75, 3.05) is 11.9 Å². The van der Waals surface area contributed by atoms with Gasteiger partial charge in [-0.05, 0) is 66.3 Å². The highest BCUT2D eigenvalue weighted by molar-refractivity contribution is 6.31. The van der Waals surface area contributed by atoms with E-state index in [0.717, 1.165) is 11.6 Å². The van der Waals surface area contributed by atoms with Crippen LogP contribution in [0.2, 0.25) is 10.0 Å². The predicted octanol–water partition coefficient (Wildman–Crippen LogP) is 7.37. The SMILES string of the molecule is C.CC(C)(C)C[C@@H]1N[C@@H](C(=O)Nc2ccc(CCN)cc2)[C@H](c2cccc(Cl)c2F)[C@@]1(C#N)c1ccc(Cl)cc1F. The molecule has 0 aliphatic carbocycles. The second-order valence-corrected chi connectivity index (χ2v) is 12.3. The number of nitriles is 1. The largest absolute Gasteiger partial charge is 0.330 e. The first-order valence-corrected chi connectivity index (χ1v) is 13.8. The van der Waals surface area contributed by atoms with E-state index >= 15 is 8.78 Å². The van der Waals surface area contributed by atoms with E-state index in [2.05, 4.69) is 16.7 Å². The van der Waals surface area contributed by atoms with Gasteiger partial charge in [0.15, 0.2) is 0 Å². The topological polar surface area (TPSA) is 90.9 Å². The molecule has 4 N–H and O–H groups in total. The summed E-state index contributed by atoms with van der Waals surface area (Å²) in [5, 5.41) is 17.1. The average Bonchev–Trinajstić information content (AvgIpc) is 3.20. The van der Waals surface area contributed by atoms with Crippen molar-refractivity contribution in [1.29, 1.82) is 5.26 Å². The number of benzene rings is 3. The summed E-state index contributed by atoms with van der Waals surface area (Å²) < 4.78 is 31.4. The first-order chi connectivity index (χ1) is 18.9. The van der Waals surface area contributed by atoms with E-state index in [1.54, 1.807) is 18.2 Å². The van der Waals surface area contributed by atoms with Crippen LogP contribution in [-0.4, -0.2) is 24.5 Å². The number of carbonyl (C=O) groups is 1. The Morgan fingerprint density at radius 3 is 2.39 bits per heavy atom. The zero-order chi connectivity index (χ0) is 29.2. The molecule has 41 heavy (non-hydrogen) atoms. The molecule has 0 spiro atoms. The van der Waals surface area contributed by atoms with Gasteiger partial charge in [-0.1, -0.05) is 81.7 Å². The molecule has 1 amide bonds. The maximum absolute atomic E-state index is 15.7. The lowest BCUT2D eigenvalue weighted by Crippen LogP contribution is -2.45. The van der Waals surface area contributed by atoms with Crippen molar-refractivity contribution in [3.63, 3.8) is 0 Å². The number of carbonyl (C=O) groups excluding carboxylic acids is 1. The van der Waals surface area contributed by atoms with Gasteiger partial charge in [0.05, 0.1) is 17.1 Å². The normalized spacial score (nSPS) is 22.1. The van der Waals surface area contributed by atoms with Crippen molar-refractivity contribution in [2.24, 2.45) is 11.1 Å². The lowest BCUT2D eigenvalue weighted by Gasteiger charge is -2.37. The summed E-state index contributed by atoms with van der Waals surface area (Å²) in [5.74, 6) is -3.08. The molecular formula is C32H36Cl2F2N4O. The van der Waals surface area contributed by atoms with Crippen molar-refractivity contribution in [1.82, 2.24) is 5.32 Å². The minimum Gasteiger partial charge on any atom is -0.330 e. The summed E-state index contributed by atoms with van der Waals surface area (Å²) in [7, 11) is 0. The molecule has 0 aromatic heterocycles. The van der Waals surface area contributed by atoms with Crippen LogP contribution in [0.3, 0.4) is 0 Å². The maximum atomic E-state index is 15.7. The van der Waals surface area contributed by atoms with Crippen LogP contribution in [0.25, 0.3) is 0 Å². The minimum absolute atomic E-state index is 0. The van der Waals surface area contributed by atoms with Crippen LogP contribution in [0.4, 0.5) is 14.5 Å². The molecular weight excluding hydrogens is 565 g/mol. The first kappa shape index (κ1) is 32.5. The van der Waals surface area contributed by atoms with Gasteiger partial charge in [-0.3, -0.25) is 4.79 Å². The number of amides is 1. The first-order valence-electron chi connectivity index (χ1n) is 13.1. The number of nitrogens with zero attached hydrogens (tertiary/aromatic N) is 1. The van der Waals surface area contributed by atoms with Gasteiger partial charge in [0, 0.05) is 28.2 Å². The summed E-state index contributed by atoms with van der Waals surface area (Å²) in [6.07, 6.45) is 1.08. The van der Waals surface area contributed by atoms with Crippen LogP contribution >= 0.6 is 23.2 Å². The van der Waals surface area contributed by atoms with Crippen LogP contribution in [-0.2, 0) is 16.6 Å². The number of rotatable bonds is 7. The summed E-state index contributed by atoms with van der Waals surface area (Å²) in [4.78, 5) is 13.9. The molecule has 5 nitrogen and oxygen atoms in total. The number of anilines is 1. The van der Waals surface area contributed by atoms with Crippen molar-refractivity contribution in [2.45, 2.75) is 64.5 Å². The van der Waals surface area contributed by atoms with Crippen molar-refractivity contribution in [3.8, 4) is 6.07 Å². The smallest absolute Gasteiger partial charge is 0.242 e. The van der Waals surface area contributed by atoms with Gasteiger partial charge in [-0.25, -0.2) is 8.78 Å². The Balaban J connectivity index is 0.00000462. The fourth-order valence-corrected chi connectivity index (χ4v) is 6.04. The third-order valence-electron chi connectivity index (χ3n) is 7.39. The second kappa shape index (κ2) is 12.9. The molecule has 1 aliphatic rings. The summed E-state index contributed by atoms with van der Waals surface area (Å²) in [5.41, 5.74) is 5.26. The summed E-state index contributed by atoms with van der Waals surface area (Å²) in [6.45, 7) is 6.46. The molecule has 1 heterocycles. The molecule has 3 aromatic carbocycles. The molecule has 9 heteroatoms. The lowest BCUT2D eigenvalue weighted by molar-refractivity contribution is -0.118. The highest BCUT2D eigenvalue weighted by Crippen LogP contribution is 2.52. The number of hydrogen-bond donors (Lipinski definition) is 3. The van der Waals surface area contributed by atoms with Crippen LogP contribution < -0.4 is 16.4 Å². The van der Waals surface area contributed by atoms with Crippen molar-refractivity contribution < 1.29 is 13.6 Å². The molecule has 1 saturated heterocycles. The monoisotopic (exact) mass is 600 g/mol. The van der Waals surface area contributed by atoms with Crippen molar-refractivity contribution >= 4 is 34.8 Å². The number of hydrogen-bond acceptors (Lipinski definition) is 4. The summed E-state index contributed by atoms with van der Waals surface area (Å²) >= 11 is 12.3. The van der Waals surface area contributed by atoms with Crippen molar-refractivity contribution in [3.05, 3.63) is 99.0 Å². The van der Waals surface area contributed by atoms with Gasteiger partial charge < -0.3 is 16.4 Å². The number of halogens is 4. The second-order valence-electron chi connectivity index (χ2n) is 11.4. The molecule has 1 aliphatic heterocycles. The molecule has 0 saturated carbocycles. The van der Waals surface area contributed by atoms with Crippen LogP contribution in [0, 0.1) is 28.4 Å².